The Labute approximate surface area is 118 Å². The molecule has 2 N–H and O–H groups in total. The number of carbonyl (C=O) groups excluding carboxylic acids is 1. The van der Waals surface area contributed by atoms with Crippen LogP contribution in [0.5, 0.6) is 0 Å². The van der Waals surface area contributed by atoms with Gasteiger partial charge < -0.3 is 5.32 Å². The molecule has 0 spiro atoms. The van der Waals surface area contributed by atoms with E-state index in [1.165, 1.54) is 24.5 Å². The molecule has 9 heteroatoms. The number of rotatable bonds is 5. The first kappa shape index (κ1) is 13.9. The molecule has 0 fully saturated rings. The quantitative estimate of drug-likeness (QED) is 0.638. The van der Waals surface area contributed by atoms with Gasteiger partial charge in [0.05, 0.1) is 4.92 Å². The smallest absolute Gasteiger partial charge is 0.271 e. The summed E-state index contributed by atoms with van der Waals surface area (Å²) in [5, 5.41) is 19.8. The van der Waals surface area contributed by atoms with E-state index in [2.05, 4.69) is 20.5 Å². The fourth-order valence-corrected chi connectivity index (χ4v) is 1.79. The minimum atomic E-state index is -0.600. The van der Waals surface area contributed by atoms with Crippen molar-refractivity contribution in [3.05, 3.63) is 51.1 Å². The first-order valence-electron chi connectivity index (χ1n) is 5.63. The van der Waals surface area contributed by atoms with Gasteiger partial charge >= 0.3 is 0 Å². The SMILES string of the molecule is O=C(NCCc1ncn[nH]1)c1cc(Cl)cc([N+](=O)[O-])c1. The monoisotopic (exact) mass is 295 g/mol. The van der Waals surface area contributed by atoms with E-state index in [9.17, 15) is 14.9 Å². The summed E-state index contributed by atoms with van der Waals surface area (Å²) in [6.07, 6.45) is 1.85. The number of nitro benzene ring substituents is 1. The highest BCUT2D eigenvalue weighted by Crippen LogP contribution is 2.20. The fourth-order valence-electron chi connectivity index (χ4n) is 1.56. The number of nitrogens with one attached hydrogen (secondary N) is 2. The van der Waals surface area contributed by atoms with E-state index < -0.39 is 10.8 Å². The standard InChI is InChI=1S/C11H10ClN5O3/c12-8-3-7(4-9(5-8)17(19)20)11(18)13-2-1-10-14-6-15-16-10/h3-6H,1-2H2,(H,13,18)(H,14,15,16). The summed E-state index contributed by atoms with van der Waals surface area (Å²) in [7, 11) is 0. The number of benzene rings is 1. The number of amides is 1. The van der Waals surface area contributed by atoms with Crippen molar-refractivity contribution in [2.75, 3.05) is 6.54 Å². The van der Waals surface area contributed by atoms with Crippen LogP contribution in [0, 0.1) is 10.1 Å². The molecule has 0 bridgehead atoms. The van der Waals surface area contributed by atoms with Gasteiger partial charge in [-0.25, -0.2) is 4.98 Å². The van der Waals surface area contributed by atoms with E-state index in [1.807, 2.05) is 0 Å². The average molecular weight is 296 g/mol. The Morgan fingerprint density at radius 2 is 2.25 bits per heavy atom. The van der Waals surface area contributed by atoms with E-state index >= 15 is 0 Å². The molecule has 1 aromatic heterocycles. The number of nitrogens with zero attached hydrogens (tertiary/aromatic N) is 3. The Morgan fingerprint density at radius 3 is 2.90 bits per heavy atom. The van der Waals surface area contributed by atoms with Crippen LogP contribution >= 0.6 is 11.6 Å². The third-order valence-electron chi connectivity index (χ3n) is 2.47. The van der Waals surface area contributed by atoms with Gasteiger partial charge in [-0.15, -0.1) is 0 Å². The maximum absolute atomic E-state index is 11.9. The largest absolute Gasteiger partial charge is 0.352 e. The van der Waals surface area contributed by atoms with E-state index in [1.54, 1.807) is 0 Å². The summed E-state index contributed by atoms with van der Waals surface area (Å²) in [5.41, 5.74) is -0.0837. The molecule has 2 rings (SSSR count). The predicted octanol–water partition coefficient (Wildman–Crippen LogP) is 1.34. The van der Waals surface area contributed by atoms with Gasteiger partial charge in [0, 0.05) is 35.7 Å². The molecule has 0 unspecified atom stereocenters. The highest BCUT2D eigenvalue weighted by molar-refractivity contribution is 6.31. The summed E-state index contributed by atoms with van der Waals surface area (Å²) < 4.78 is 0. The van der Waals surface area contributed by atoms with E-state index in [0.717, 1.165) is 0 Å². The highest BCUT2D eigenvalue weighted by atomic mass is 35.5. The minimum Gasteiger partial charge on any atom is -0.352 e. The number of H-pyrrole nitrogens is 1. The summed E-state index contributed by atoms with van der Waals surface area (Å²) >= 11 is 5.75. The number of non-ortho nitro benzene ring substituents is 1. The minimum absolute atomic E-state index is 0.139. The third kappa shape index (κ3) is 3.51. The van der Waals surface area contributed by atoms with Crippen molar-refractivity contribution in [3.8, 4) is 0 Å². The van der Waals surface area contributed by atoms with Crippen LogP contribution in [0.4, 0.5) is 5.69 Å². The second kappa shape index (κ2) is 6.11. The number of carbonyl (C=O) groups is 1. The van der Waals surface area contributed by atoms with Crippen LogP contribution in [0.3, 0.4) is 0 Å². The van der Waals surface area contributed by atoms with Gasteiger partial charge in [-0.05, 0) is 6.07 Å². The lowest BCUT2D eigenvalue weighted by Gasteiger charge is -2.04. The van der Waals surface area contributed by atoms with Crippen LogP contribution < -0.4 is 5.32 Å². The highest BCUT2D eigenvalue weighted by Gasteiger charge is 2.13. The van der Waals surface area contributed by atoms with Crippen molar-refractivity contribution in [2.24, 2.45) is 0 Å². The lowest BCUT2D eigenvalue weighted by atomic mass is 10.2. The second-order valence-corrected chi connectivity index (χ2v) is 4.33. The van der Waals surface area contributed by atoms with Crippen LogP contribution in [-0.2, 0) is 6.42 Å². The number of hydrogen-bond donors (Lipinski definition) is 2. The van der Waals surface area contributed by atoms with Gasteiger partial charge in [0.2, 0.25) is 0 Å². The van der Waals surface area contributed by atoms with Crippen molar-refractivity contribution in [3.63, 3.8) is 0 Å². The predicted molar refractivity (Wildman–Crippen MR) is 70.5 cm³/mol. The van der Waals surface area contributed by atoms with Gasteiger partial charge in [0.1, 0.15) is 12.2 Å². The first-order valence-corrected chi connectivity index (χ1v) is 6.01. The second-order valence-electron chi connectivity index (χ2n) is 3.89. The number of halogens is 1. The zero-order valence-electron chi connectivity index (χ0n) is 10.2. The van der Waals surface area contributed by atoms with Gasteiger partial charge in [-0.2, -0.15) is 5.10 Å². The van der Waals surface area contributed by atoms with Gasteiger partial charge in [-0.3, -0.25) is 20.0 Å². The lowest BCUT2D eigenvalue weighted by molar-refractivity contribution is -0.384. The van der Waals surface area contributed by atoms with Crippen LogP contribution in [0.15, 0.2) is 24.5 Å². The van der Waals surface area contributed by atoms with Crippen LogP contribution in [0.1, 0.15) is 16.2 Å². The summed E-state index contributed by atoms with van der Waals surface area (Å²) in [5.74, 6) is 0.206. The Bertz CT molecular complexity index is 629. The zero-order chi connectivity index (χ0) is 14.5. The molecule has 0 aliphatic carbocycles. The normalized spacial score (nSPS) is 10.2. The molecule has 0 saturated carbocycles. The van der Waals surface area contributed by atoms with Crippen molar-refractivity contribution in [2.45, 2.75) is 6.42 Å². The Morgan fingerprint density at radius 1 is 1.45 bits per heavy atom. The molecule has 20 heavy (non-hydrogen) atoms. The van der Waals surface area contributed by atoms with Crippen molar-refractivity contribution in [1.82, 2.24) is 20.5 Å². The van der Waals surface area contributed by atoms with E-state index in [4.69, 9.17) is 11.6 Å². The van der Waals surface area contributed by atoms with Crippen LogP contribution in [0.25, 0.3) is 0 Å². The molecule has 1 amide bonds. The topological polar surface area (TPSA) is 114 Å². The molecule has 1 aromatic carbocycles. The molecule has 0 radical (unpaired) electrons. The molecular weight excluding hydrogens is 286 g/mol. The van der Waals surface area contributed by atoms with Gasteiger partial charge in [0.15, 0.2) is 0 Å². The molecule has 2 aromatic rings. The van der Waals surface area contributed by atoms with E-state index in [0.29, 0.717) is 18.8 Å². The molecule has 0 aliphatic rings. The number of aromatic amines is 1. The van der Waals surface area contributed by atoms with Crippen molar-refractivity contribution in [1.29, 1.82) is 0 Å². The molecule has 0 atom stereocenters. The van der Waals surface area contributed by atoms with Crippen LogP contribution in [-0.4, -0.2) is 32.6 Å². The first-order chi connectivity index (χ1) is 9.56. The Balaban J connectivity index is 2.00. The summed E-state index contributed by atoms with van der Waals surface area (Å²) in [6, 6.07) is 3.74. The Kier molecular flexibility index (Phi) is 4.26. The lowest BCUT2D eigenvalue weighted by Crippen LogP contribution is -2.26. The van der Waals surface area contributed by atoms with Crippen LogP contribution in [0.2, 0.25) is 5.02 Å². The fraction of sp³-hybridized carbons (Fsp3) is 0.182. The number of aromatic nitrogens is 3. The average Bonchev–Trinajstić information content (AvgIpc) is 2.91. The third-order valence-corrected chi connectivity index (χ3v) is 2.69. The summed E-state index contributed by atoms with van der Waals surface area (Å²) in [6.45, 7) is 0.328. The van der Waals surface area contributed by atoms with E-state index in [-0.39, 0.29) is 16.3 Å². The van der Waals surface area contributed by atoms with Gasteiger partial charge in [-0.1, -0.05) is 11.6 Å². The molecule has 0 saturated heterocycles. The van der Waals surface area contributed by atoms with Crippen molar-refractivity contribution >= 4 is 23.2 Å². The number of hydrogen-bond acceptors (Lipinski definition) is 5. The molecule has 8 nitrogen and oxygen atoms in total. The maximum atomic E-state index is 11.9. The Hall–Kier alpha value is -2.48. The van der Waals surface area contributed by atoms with Gasteiger partial charge in [0.25, 0.3) is 11.6 Å². The molecular formula is C11H10ClN5O3. The molecule has 0 aliphatic heterocycles. The molecule has 104 valence electrons. The maximum Gasteiger partial charge on any atom is 0.271 e. The molecule has 1 heterocycles. The zero-order valence-corrected chi connectivity index (χ0v) is 10.9. The van der Waals surface area contributed by atoms with Crippen molar-refractivity contribution < 1.29 is 9.72 Å². The summed E-state index contributed by atoms with van der Waals surface area (Å²) in [4.78, 5) is 25.9. The number of nitro groups is 1.